The molecule has 0 amide bonds. The first-order valence-electron chi connectivity index (χ1n) is 4.13. The number of hydrogen-bond acceptors (Lipinski definition) is 6. The van der Waals surface area contributed by atoms with Crippen molar-refractivity contribution in [2.45, 2.75) is 37.5 Å². The standard InChI is InChI=1S/C7H15N2O4.K.H3N/c1-3-4(10)5(11)6(12)7(9-3)13-8-2;;/h3-7,9-12H,1-2H3;;1H3/q-1;+1;/t3?,4-,5?,6?,7-;;/m1../s1. The molecule has 0 aromatic carbocycles. The van der Waals surface area contributed by atoms with Crippen molar-refractivity contribution < 1.29 is 71.5 Å². The number of rotatable bonds is 2. The number of nitrogens with zero attached hydrogens (tertiary/aromatic N) is 1. The zero-order valence-corrected chi connectivity index (χ0v) is 12.4. The molecular weight excluding hydrogens is 229 g/mol. The van der Waals surface area contributed by atoms with Crippen molar-refractivity contribution in [2.75, 3.05) is 7.05 Å². The average molecular weight is 247 g/mol. The molecule has 1 rings (SSSR count). The van der Waals surface area contributed by atoms with Crippen LogP contribution >= 0.6 is 0 Å². The first kappa shape index (κ1) is 18.7. The van der Waals surface area contributed by atoms with Gasteiger partial charge in [-0.25, -0.2) is 0 Å². The molecule has 1 fully saturated rings. The first-order chi connectivity index (χ1) is 6.07. The van der Waals surface area contributed by atoms with Gasteiger partial charge in [0.05, 0.1) is 6.10 Å². The monoisotopic (exact) mass is 247 g/mol. The molecule has 1 heterocycles. The van der Waals surface area contributed by atoms with Crippen LogP contribution in [0.3, 0.4) is 0 Å². The fourth-order valence-corrected chi connectivity index (χ4v) is 1.34. The van der Waals surface area contributed by atoms with E-state index in [4.69, 9.17) is 4.84 Å². The number of hydrogen-bond donors (Lipinski definition) is 5. The van der Waals surface area contributed by atoms with E-state index < -0.39 is 24.5 Å². The van der Waals surface area contributed by atoms with Crippen LogP contribution in [-0.4, -0.2) is 52.9 Å². The van der Waals surface area contributed by atoms with Gasteiger partial charge in [-0.15, -0.1) is 7.05 Å². The summed E-state index contributed by atoms with van der Waals surface area (Å²) in [4.78, 5) is 4.78. The summed E-state index contributed by atoms with van der Waals surface area (Å²) in [5.41, 5.74) is 3.39. The Bertz CT molecular complexity index is 176. The van der Waals surface area contributed by atoms with Gasteiger partial charge >= 0.3 is 51.4 Å². The van der Waals surface area contributed by atoms with Crippen LogP contribution in [0.25, 0.3) is 5.48 Å². The Morgan fingerprint density at radius 1 is 1.13 bits per heavy atom. The van der Waals surface area contributed by atoms with Crippen LogP contribution in [0.2, 0.25) is 0 Å². The Hall–Kier alpha value is 1.36. The number of hydroxylamine groups is 1. The van der Waals surface area contributed by atoms with E-state index in [-0.39, 0.29) is 63.6 Å². The smallest absolute Gasteiger partial charge is 0.536 e. The molecule has 0 aliphatic carbocycles. The summed E-state index contributed by atoms with van der Waals surface area (Å²) in [7, 11) is 1.43. The van der Waals surface area contributed by atoms with Crippen molar-refractivity contribution in [3.63, 3.8) is 0 Å². The number of aliphatic hydroxyl groups excluding tert-OH is 3. The summed E-state index contributed by atoms with van der Waals surface area (Å²) < 4.78 is 0. The van der Waals surface area contributed by atoms with Gasteiger partial charge in [-0.3, -0.25) is 5.32 Å². The van der Waals surface area contributed by atoms with E-state index >= 15 is 0 Å². The second-order valence-corrected chi connectivity index (χ2v) is 3.14. The second kappa shape index (κ2) is 8.45. The molecule has 15 heavy (non-hydrogen) atoms. The summed E-state index contributed by atoms with van der Waals surface area (Å²) >= 11 is 0. The Morgan fingerprint density at radius 3 is 2.13 bits per heavy atom. The third-order valence-corrected chi connectivity index (χ3v) is 2.17. The van der Waals surface area contributed by atoms with E-state index in [1.807, 2.05) is 0 Å². The Labute approximate surface area is 132 Å². The molecule has 0 bridgehead atoms. The van der Waals surface area contributed by atoms with Gasteiger partial charge < -0.3 is 31.8 Å². The molecule has 0 aromatic heterocycles. The molecule has 0 aromatic rings. The molecule has 5 atom stereocenters. The molecule has 8 heteroatoms. The Morgan fingerprint density at radius 2 is 1.67 bits per heavy atom. The van der Waals surface area contributed by atoms with Crippen LogP contribution in [0, 0.1) is 0 Å². The summed E-state index contributed by atoms with van der Waals surface area (Å²) in [5, 5.41) is 30.9. The fraction of sp³-hybridized carbons (Fsp3) is 1.00. The Kier molecular flexibility index (Phi) is 10.5. The largest absolute Gasteiger partial charge is 1.00 e. The van der Waals surface area contributed by atoms with Crippen LogP contribution in [0.4, 0.5) is 0 Å². The van der Waals surface area contributed by atoms with E-state index in [9.17, 15) is 15.3 Å². The van der Waals surface area contributed by atoms with Gasteiger partial charge in [0.2, 0.25) is 0 Å². The minimum Gasteiger partial charge on any atom is -0.536 e. The van der Waals surface area contributed by atoms with Gasteiger partial charge in [0.1, 0.15) is 18.4 Å². The molecule has 86 valence electrons. The quantitative estimate of drug-likeness (QED) is 0.247. The van der Waals surface area contributed by atoms with E-state index in [0.717, 1.165) is 0 Å². The molecular formula is C7H18KN3O4. The van der Waals surface area contributed by atoms with Crippen molar-refractivity contribution in [3.8, 4) is 0 Å². The number of aliphatic hydroxyl groups is 3. The second-order valence-electron chi connectivity index (χ2n) is 3.14. The van der Waals surface area contributed by atoms with Crippen LogP contribution in [-0.2, 0) is 4.84 Å². The molecule has 0 spiro atoms. The van der Waals surface area contributed by atoms with E-state index in [1.165, 1.54) is 7.05 Å². The predicted octanol–water partition coefficient (Wildman–Crippen LogP) is -4.51. The fourth-order valence-electron chi connectivity index (χ4n) is 1.34. The minimum absolute atomic E-state index is 0. The maximum absolute atomic E-state index is 9.40. The zero-order chi connectivity index (χ0) is 10.0. The topological polar surface area (TPSA) is 131 Å². The van der Waals surface area contributed by atoms with E-state index in [2.05, 4.69) is 10.8 Å². The van der Waals surface area contributed by atoms with Crippen molar-refractivity contribution in [2.24, 2.45) is 0 Å². The molecule has 7 N–H and O–H groups in total. The predicted molar refractivity (Wildman–Crippen MR) is 49.8 cm³/mol. The molecule has 7 nitrogen and oxygen atoms in total. The number of piperidine rings is 1. The molecule has 0 saturated carbocycles. The van der Waals surface area contributed by atoms with Crippen molar-refractivity contribution >= 4 is 0 Å². The van der Waals surface area contributed by atoms with E-state index in [0.29, 0.717) is 0 Å². The van der Waals surface area contributed by atoms with Crippen LogP contribution in [0.1, 0.15) is 6.92 Å². The van der Waals surface area contributed by atoms with Crippen molar-refractivity contribution in [3.05, 3.63) is 5.48 Å². The summed E-state index contributed by atoms with van der Waals surface area (Å²) in [6.07, 6.45) is -4.14. The van der Waals surface area contributed by atoms with Gasteiger partial charge in [-0.2, -0.15) is 0 Å². The number of nitrogens with one attached hydrogen (secondary N) is 1. The van der Waals surface area contributed by atoms with Crippen LogP contribution in [0.5, 0.6) is 0 Å². The molecule has 0 radical (unpaired) electrons. The van der Waals surface area contributed by atoms with Crippen molar-refractivity contribution in [1.82, 2.24) is 11.5 Å². The third-order valence-electron chi connectivity index (χ3n) is 2.17. The minimum atomic E-state index is -1.21. The summed E-state index contributed by atoms with van der Waals surface area (Å²) in [5.74, 6) is 0. The van der Waals surface area contributed by atoms with Gasteiger partial charge in [0, 0.05) is 6.04 Å². The molecule has 3 unspecified atom stereocenters. The maximum atomic E-state index is 9.40. The average Bonchev–Trinajstić information content (AvgIpc) is 2.11. The first-order valence-corrected chi connectivity index (χ1v) is 4.13. The van der Waals surface area contributed by atoms with Gasteiger partial charge in [0.15, 0.2) is 0 Å². The summed E-state index contributed by atoms with van der Waals surface area (Å²) in [6.45, 7) is 1.69. The van der Waals surface area contributed by atoms with Crippen molar-refractivity contribution in [1.29, 1.82) is 0 Å². The van der Waals surface area contributed by atoms with Gasteiger partial charge in [-0.1, -0.05) is 0 Å². The molecule has 1 saturated heterocycles. The van der Waals surface area contributed by atoms with Crippen LogP contribution < -0.4 is 62.9 Å². The van der Waals surface area contributed by atoms with E-state index in [1.54, 1.807) is 6.92 Å². The molecule has 1 aliphatic heterocycles. The summed E-state index contributed by atoms with van der Waals surface area (Å²) in [6, 6.07) is -0.342. The van der Waals surface area contributed by atoms with Gasteiger partial charge in [0.25, 0.3) is 0 Å². The zero-order valence-electron chi connectivity index (χ0n) is 9.29. The molecule has 1 aliphatic rings. The SMILES string of the molecule is C[N-]O[C@H]1NC(C)[C@@H](O)C(O)C1O.N.[K+]. The maximum Gasteiger partial charge on any atom is 1.00 e. The van der Waals surface area contributed by atoms with Gasteiger partial charge in [-0.05, 0) is 6.92 Å². The Balaban J connectivity index is 0. The third kappa shape index (κ3) is 4.62. The normalized spacial score (nSPS) is 40.2. The van der Waals surface area contributed by atoms with Crippen LogP contribution in [0.15, 0.2) is 0 Å².